The summed E-state index contributed by atoms with van der Waals surface area (Å²) in [5.41, 5.74) is 2.10. The second-order valence-electron chi connectivity index (χ2n) is 4.65. The summed E-state index contributed by atoms with van der Waals surface area (Å²) in [6.45, 7) is 2.48. The van der Waals surface area contributed by atoms with E-state index in [2.05, 4.69) is 4.98 Å². The molecule has 3 aromatic rings. The Labute approximate surface area is 127 Å². The largest absolute Gasteiger partial charge is 0.493 e. The van der Waals surface area contributed by atoms with Gasteiger partial charge >= 0.3 is 0 Å². The fourth-order valence-electron chi connectivity index (χ4n) is 2.36. The van der Waals surface area contributed by atoms with Gasteiger partial charge in [-0.25, -0.2) is 0 Å². The van der Waals surface area contributed by atoms with Gasteiger partial charge in [0.2, 0.25) is 0 Å². The summed E-state index contributed by atoms with van der Waals surface area (Å²) in [6, 6.07) is 12.6. The Kier molecular flexibility index (Phi) is 3.67. The maximum atomic E-state index is 12.7. The molecule has 0 aliphatic rings. The predicted octanol–water partition coefficient (Wildman–Crippen LogP) is 4.45. The summed E-state index contributed by atoms with van der Waals surface area (Å²) in [4.78, 5) is 15.8. The molecule has 0 spiro atoms. The average Bonchev–Trinajstić information content (AvgIpc) is 2.93. The highest BCUT2D eigenvalue weighted by Crippen LogP contribution is 2.30. The maximum absolute atomic E-state index is 12.7. The molecule has 0 aliphatic carbocycles. The molecule has 0 unspecified atom stereocenters. The van der Waals surface area contributed by atoms with Gasteiger partial charge in [-0.3, -0.25) is 4.79 Å². The van der Waals surface area contributed by atoms with Crippen molar-refractivity contribution in [3.8, 4) is 5.75 Å². The molecule has 4 heteroatoms. The number of nitrogens with one attached hydrogen (secondary N) is 1. The fourth-order valence-corrected chi connectivity index (χ4v) is 2.49. The molecule has 0 fully saturated rings. The number of aromatic amines is 1. The summed E-state index contributed by atoms with van der Waals surface area (Å²) >= 11 is 5.87. The Hall–Kier alpha value is -2.26. The molecule has 0 amide bonds. The number of hydrogen-bond donors (Lipinski definition) is 1. The maximum Gasteiger partial charge on any atom is 0.195 e. The molecule has 2 aromatic carbocycles. The summed E-state index contributed by atoms with van der Waals surface area (Å²) < 4.78 is 5.63. The zero-order valence-electron chi connectivity index (χ0n) is 11.5. The van der Waals surface area contributed by atoms with Crippen LogP contribution in [0.4, 0.5) is 0 Å². The van der Waals surface area contributed by atoms with Crippen LogP contribution in [-0.4, -0.2) is 17.4 Å². The third-order valence-electron chi connectivity index (χ3n) is 3.32. The molecule has 21 heavy (non-hydrogen) atoms. The molecule has 0 aliphatic heterocycles. The molecule has 0 atom stereocenters. The fraction of sp³-hybridized carbons (Fsp3) is 0.118. The lowest BCUT2D eigenvalue weighted by atomic mass is 10.0. The summed E-state index contributed by atoms with van der Waals surface area (Å²) in [6.07, 6.45) is 1.73. The quantitative estimate of drug-likeness (QED) is 0.723. The molecule has 0 radical (unpaired) electrons. The lowest BCUT2D eigenvalue weighted by Crippen LogP contribution is -2.01. The Morgan fingerprint density at radius 1 is 1.19 bits per heavy atom. The summed E-state index contributed by atoms with van der Waals surface area (Å²) in [5, 5.41) is 1.43. The van der Waals surface area contributed by atoms with Crippen molar-refractivity contribution in [1.82, 2.24) is 4.98 Å². The standard InChI is InChI=1S/C17H14ClNO2/c1-2-21-15-5-3-4-14-16(15)13(10-19-14)17(20)11-6-8-12(18)9-7-11/h3-10,19H,2H2,1H3. The van der Waals surface area contributed by atoms with E-state index in [1.54, 1.807) is 30.5 Å². The highest BCUT2D eigenvalue weighted by molar-refractivity contribution is 6.30. The normalized spacial score (nSPS) is 10.8. The van der Waals surface area contributed by atoms with Gasteiger partial charge in [0.25, 0.3) is 0 Å². The Morgan fingerprint density at radius 2 is 1.95 bits per heavy atom. The minimum absolute atomic E-state index is 0.0509. The molecule has 0 saturated carbocycles. The molecule has 106 valence electrons. The number of aromatic nitrogens is 1. The topological polar surface area (TPSA) is 42.1 Å². The van der Waals surface area contributed by atoms with Crippen LogP contribution in [0.3, 0.4) is 0 Å². The lowest BCUT2D eigenvalue weighted by molar-refractivity contribution is 0.104. The van der Waals surface area contributed by atoms with Gasteiger partial charge in [-0.1, -0.05) is 17.7 Å². The monoisotopic (exact) mass is 299 g/mol. The van der Waals surface area contributed by atoms with Crippen LogP contribution in [0.15, 0.2) is 48.7 Å². The number of ketones is 1. The first kappa shape index (κ1) is 13.7. The SMILES string of the molecule is CCOc1cccc2[nH]cc(C(=O)c3ccc(Cl)cc3)c12. The number of carbonyl (C=O) groups is 1. The van der Waals surface area contributed by atoms with Gasteiger partial charge in [-0.05, 0) is 43.3 Å². The van der Waals surface area contributed by atoms with Crippen molar-refractivity contribution in [2.24, 2.45) is 0 Å². The van der Waals surface area contributed by atoms with Crippen LogP contribution in [0.1, 0.15) is 22.8 Å². The Morgan fingerprint density at radius 3 is 2.67 bits per heavy atom. The van der Waals surface area contributed by atoms with Gasteiger partial charge in [0, 0.05) is 22.3 Å². The highest BCUT2D eigenvalue weighted by Gasteiger charge is 2.17. The van der Waals surface area contributed by atoms with Gasteiger partial charge in [0.15, 0.2) is 5.78 Å². The molecule has 3 nitrogen and oxygen atoms in total. The highest BCUT2D eigenvalue weighted by atomic mass is 35.5. The number of benzene rings is 2. The molecule has 1 N–H and O–H groups in total. The zero-order chi connectivity index (χ0) is 14.8. The van der Waals surface area contributed by atoms with E-state index in [1.165, 1.54) is 0 Å². The van der Waals surface area contributed by atoms with E-state index in [0.717, 1.165) is 10.9 Å². The van der Waals surface area contributed by atoms with Crippen molar-refractivity contribution in [3.05, 3.63) is 64.8 Å². The van der Waals surface area contributed by atoms with E-state index >= 15 is 0 Å². The van der Waals surface area contributed by atoms with Crippen molar-refractivity contribution in [3.63, 3.8) is 0 Å². The minimum atomic E-state index is -0.0509. The molecule has 1 heterocycles. The molecule has 3 rings (SSSR count). The second-order valence-corrected chi connectivity index (χ2v) is 5.09. The molecular weight excluding hydrogens is 286 g/mol. The van der Waals surface area contributed by atoms with E-state index < -0.39 is 0 Å². The van der Waals surface area contributed by atoms with E-state index in [1.807, 2.05) is 25.1 Å². The van der Waals surface area contributed by atoms with E-state index in [9.17, 15) is 4.79 Å². The van der Waals surface area contributed by atoms with Gasteiger partial charge < -0.3 is 9.72 Å². The average molecular weight is 300 g/mol. The van der Waals surface area contributed by atoms with Crippen LogP contribution in [0.2, 0.25) is 5.02 Å². The van der Waals surface area contributed by atoms with Crippen molar-refractivity contribution in [1.29, 1.82) is 0 Å². The molecule has 1 aromatic heterocycles. The number of rotatable bonds is 4. The van der Waals surface area contributed by atoms with Gasteiger partial charge in [-0.2, -0.15) is 0 Å². The summed E-state index contributed by atoms with van der Waals surface area (Å²) in [7, 11) is 0. The van der Waals surface area contributed by atoms with Crippen LogP contribution in [0.25, 0.3) is 10.9 Å². The van der Waals surface area contributed by atoms with E-state index in [4.69, 9.17) is 16.3 Å². The van der Waals surface area contributed by atoms with Gasteiger partial charge in [0.1, 0.15) is 5.75 Å². The van der Waals surface area contributed by atoms with Crippen molar-refractivity contribution >= 4 is 28.3 Å². The van der Waals surface area contributed by atoms with Crippen molar-refractivity contribution in [2.75, 3.05) is 6.61 Å². The third kappa shape index (κ3) is 2.52. The number of H-pyrrole nitrogens is 1. The zero-order valence-corrected chi connectivity index (χ0v) is 12.3. The molecule has 0 saturated heterocycles. The van der Waals surface area contributed by atoms with Crippen LogP contribution in [0, 0.1) is 0 Å². The molecule has 0 bridgehead atoms. The Bertz CT molecular complexity index is 790. The lowest BCUT2D eigenvalue weighted by Gasteiger charge is -2.06. The number of halogens is 1. The first-order valence-corrected chi connectivity index (χ1v) is 7.11. The molecular formula is C17H14ClNO2. The van der Waals surface area contributed by atoms with Gasteiger partial charge in [-0.15, -0.1) is 0 Å². The Balaban J connectivity index is 2.11. The number of hydrogen-bond acceptors (Lipinski definition) is 2. The van der Waals surface area contributed by atoms with Crippen LogP contribution >= 0.6 is 11.6 Å². The van der Waals surface area contributed by atoms with Crippen LogP contribution in [-0.2, 0) is 0 Å². The first-order chi connectivity index (χ1) is 10.2. The minimum Gasteiger partial charge on any atom is -0.493 e. The van der Waals surface area contributed by atoms with Crippen LogP contribution in [0.5, 0.6) is 5.75 Å². The van der Waals surface area contributed by atoms with E-state index in [-0.39, 0.29) is 5.78 Å². The number of ether oxygens (including phenoxy) is 1. The second kappa shape index (κ2) is 5.62. The first-order valence-electron chi connectivity index (χ1n) is 6.74. The number of fused-ring (bicyclic) bond motifs is 1. The van der Waals surface area contributed by atoms with Crippen molar-refractivity contribution in [2.45, 2.75) is 6.92 Å². The third-order valence-corrected chi connectivity index (χ3v) is 3.57. The smallest absolute Gasteiger partial charge is 0.195 e. The van der Waals surface area contributed by atoms with E-state index in [0.29, 0.717) is 28.5 Å². The number of carbonyl (C=O) groups excluding carboxylic acids is 1. The summed E-state index contributed by atoms with van der Waals surface area (Å²) in [5.74, 6) is 0.665. The predicted molar refractivity (Wildman–Crippen MR) is 84.4 cm³/mol. The van der Waals surface area contributed by atoms with Gasteiger partial charge in [0.05, 0.1) is 17.6 Å². The van der Waals surface area contributed by atoms with Crippen molar-refractivity contribution < 1.29 is 9.53 Å². The van der Waals surface area contributed by atoms with Crippen LogP contribution < -0.4 is 4.74 Å².